The fourth-order valence-corrected chi connectivity index (χ4v) is 2.63. The number of aliphatic imine (C=N–C) groups is 1. The molecule has 0 radical (unpaired) electrons. The van der Waals surface area contributed by atoms with Crippen molar-refractivity contribution in [3.8, 4) is 5.75 Å². The summed E-state index contributed by atoms with van der Waals surface area (Å²) in [5.41, 5.74) is 8.50. The van der Waals surface area contributed by atoms with E-state index in [1.807, 2.05) is 24.3 Å². The van der Waals surface area contributed by atoms with Crippen molar-refractivity contribution >= 4 is 41.0 Å². The van der Waals surface area contributed by atoms with Gasteiger partial charge in [-0.15, -0.1) is 37.1 Å². The second kappa shape index (κ2) is 10.3. The lowest BCUT2D eigenvalue weighted by Crippen LogP contribution is -2.32. The molecule has 2 aromatic carbocycles. The van der Waals surface area contributed by atoms with Crippen LogP contribution in [0.25, 0.3) is 11.0 Å². The molecule has 0 amide bonds. The number of hydrogen-bond acceptors (Lipinski definition) is 3. The van der Waals surface area contributed by atoms with E-state index in [0.29, 0.717) is 6.54 Å². The molecule has 156 valence electrons. The summed E-state index contributed by atoms with van der Waals surface area (Å²) in [5.74, 6) is 0.928. The van der Waals surface area contributed by atoms with Crippen LogP contribution in [0.4, 0.5) is 13.2 Å². The van der Waals surface area contributed by atoms with Crippen LogP contribution < -0.4 is 15.8 Å². The average Bonchev–Trinajstić information content (AvgIpc) is 3.06. The van der Waals surface area contributed by atoms with Crippen LogP contribution in [-0.4, -0.2) is 28.8 Å². The van der Waals surface area contributed by atoms with Crippen molar-refractivity contribution in [3.05, 3.63) is 59.9 Å². The number of benzene rings is 2. The van der Waals surface area contributed by atoms with E-state index in [2.05, 4.69) is 25.0 Å². The first-order chi connectivity index (χ1) is 13.4. The highest BCUT2D eigenvalue weighted by atomic mass is 127. The van der Waals surface area contributed by atoms with Gasteiger partial charge in [0.25, 0.3) is 0 Å². The zero-order valence-electron chi connectivity index (χ0n) is 15.4. The third-order valence-corrected chi connectivity index (χ3v) is 3.92. The van der Waals surface area contributed by atoms with Crippen molar-refractivity contribution in [3.63, 3.8) is 0 Å². The Labute approximate surface area is 182 Å². The normalized spacial score (nSPS) is 11.9. The van der Waals surface area contributed by atoms with Crippen LogP contribution in [0.15, 0.2) is 53.5 Å². The quantitative estimate of drug-likeness (QED) is 0.190. The zero-order chi connectivity index (χ0) is 20.0. The number of aromatic nitrogens is 2. The number of nitrogens with one attached hydrogen (secondary N) is 2. The molecule has 0 aliphatic rings. The molecule has 0 aliphatic heterocycles. The van der Waals surface area contributed by atoms with Crippen LogP contribution in [0.1, 0.15) is 17.8 Å². The molecule has 0 fully saturated rings. The molecule has 0 spiro atoms. The van der Waals surface area contributed by atoms with Gasteiger partial charge in [0, 0.05) is 13.0 Å². The number of fused-ring (bicyclic) bond motifs is 1. The number of guanidine groups is 1. The number of aryl methyl sites for hydroxylation is 1. The maximum absolute atomic E-state index is 12.1. The van der Waals surface area contributed by atoms with E-state index in [9.17, 15) is 13.2 Å². The third kappa shape index (κ3) is 7.44. The highest BCUT2D eigenvalue weighted by molar-refractivity contribution is 14.0. The summed E-state index contributed by atoms with van der Waals surface area (Å²) in [5, 5.41) is 3.01. The Bertz CT molecular complexity index is 908. The summed E-state index contributed by atoms with van der Waals surface area (Å²) in [6, 6.07) is 13.4. The van der Waals surface area contributed by atoms with Gasteiger partial charge in [0.1, 0.15) is 11.6 Å². The van der Waals surface area contributed by atoms with Crippen LogP contribution in [0, 0.1) is 0 Å². The molecule has 3 aromatic rings. The van der Waals surface area contributed by atoms with Crippen molar-refractivity contribution in [1.82, 2.24) is 15.3 Å². The van der Waals surface area contributed by atoms with Gasteiger partial charge >= 0.3 is 6.36 Å². The topological polar surface area (TPSA) is 88.3 Å². The molecule has 4 N–H and O–H groups in total. The molecule has 6 nitrogen and oxygen atoms in total. The molecule has 10 heteroatoms. The van der Waals surface area contributed by atoms with Gasteiger partial charge in [-0.2, -0.15) is 0 Å². The lowest BCUT2D eigenvalue weighted by molar-refractivity contribution is -0.274. The third-order valence-electron chi connectivity index (χ3n) is 3.92. The lowest BCUT2D eigenvalue weighted by Gasteiger charge is -2.09. The van der Waals surface area contributed by atoms with Crippen molar-refractivity contribution in [2.45, 2.75) is 25.7 Å². The monoisotopic (exact) mass is 519 g/mol. The van der Waals surface area contributed by atoms with Crippen LogP contribution in [0.2, 0.25) is 0 Å². The van der Waals surface area contributed by atoms with Crippen molar-refractivity contribution in [2.24, 2.45) is 10.7 Å². The standard InChI is InChI=1S/C19H20F3N5O.HI/c20-19(21,22)28-14-9-7-13(8-10-14)12-25-18(23)24-11-3-6-17-26-15-4-1-2-5-16(15)27-17;/h1-2,4-5,7-10H,3,6,11-12H2,(H,26,27)(H3,23,24,25);1H. The summed E-state index contributed by atoms with van der Waals surface area (Å²) < 4.78 is 40.2. The number of imidazole rings is 1. The van der Waals surface area contributed by atoms with Crippen LogP contribution >= 0.6 is 24.0 Å². The number of nitrogens with two attached hydrogens (primary N) is 1. The lowest BCUT2D eigenvalue weighted by atomic mass is 10.2. The molecule has 0 unspecified atom stereocenters. The summed E-state index contributed by atoms with van der Waals surface area (Å²) in [6.07, 6.45) is -3.11. The summed E-state index contributed by atoms with van der Waals surface area (Å²) in [6.45, 7) is 0.888. The van der Waals surface area contributed by atoms with E-state index < -0.39 is 6.36 Å². The minimum Gasteiger partial charge on any atom is -0.406 e. The number of alkyl halides is 3. The Morgan fingerprint density at radius 3 is 2.55 bits per heavy atom. The Morgan fingerprint density at radius 1 is 1.14 bits per heavy atom. The minimum absolute atomic E-state index is 0. The van der Waals surface area contributed by atoms with E-state index in [4.69, 9.17) is 5.73 Å². The molecule has 0 saturated carbocycles. The summed E-state index contributed by atoms with van der Waals surface area (Å²) in [7, 11) is 0. The van der Waals surface area contributed by atoms with Gasteiger partial charge in [-0.05, 0) is 36.2 Å². The summed E-state index contributed by atoms with van der Waals surface area (Å²) >= 11 is 0. The maximum atomic E-state index is 12.1. The van der Waals surface area contributed by atoms with Crippen LogP contribution in [0.5, 0.6) is 5.75 Å². The Kier molecular flexibility index (Phi) is 8.11. The Hall–Kier alpha value is -2.50. The highest BCUT2D eigenvalue weighted by Gasteiger charge is 2.30. The molecule has 1 heterocycles. The van der Waals surface area contributed by atoms with E-state index in [0.717, 1.165) is 35.3 Å². The second-order valence-electron chi connectivity index (χ2n) is 6.12. The van der Waals surface area contributed by atoms with Gasteiger partial charge in [0.15, 0.2) is 5.96 Å². The molecule has 0 atom stereocenters. The first-order valence-electron chi connectivity index (χ1n) is 8.71. The van der Waals surface area contributed by atoms with E-state index in [1.165, 1.54) is 24.3 Å². The molecular formula is C19H21F3IN5O. The maximum Gasteiger partial charge on any atom is 0.573 e. The van der Waals surface area contributed by atoms with Crippen molar-refractivity contribution in [2.75, 3.05) is 6.54 Å². The van der Waals surface area contributed by atoms with Crippen LogP contribution in [0.3, 0.4) is 0 Å². The molecule has 29 heavy (non-hydrogen) atoms. The fourth-order valence-electron chi connectivity index (χ4n) is 2.63. The Balaban J connectivity index is 0.00000300. The molecule has 0 saturated heterocycles. The van der Waals surface area contributed by atoms with Crippen LogP contribution in [-0.2, 0) is 13.0 Å². The minimum atomic E-state index is -4.70. The van der Waals surface area contributed by atoms with Gasteiger partial charge in [0.05, 0.1) is 17.6 Å². The smallest absolute Gasteiger partial charge is 0.406 e. The number of rotatable bonds is 7. The number of aromatic amines is 1. The van der Waals surface area contributed by atoms with Crippen molar-refractivity contribution in [1.29, 1.82) is 0 Å². The highest BCUT2D eigenvalue weighted by Crippen LogP contribution is 2.22. The zero-order valence-corrected chi connectivity index (χ0v) is 17.7. The fraction of sp³-hybridized carbons (Fsp3) is 0.263. The first kappa shape index (κ1) is 22.8. The molecule has 0 aliphatic carbocycles. The number of ether oxygens (including phenoxy) is 1. The number of halogens is 4. The van der Waals surface area contributed by atoms with Gasteiger partial charge in [0.2, 0.25) is 0 Å². The van der Waals surface area contributed by atoms with Gasteiger partial charge in [-0.1, -0.05) is 24.3 Å². The van der Waals surface area contributed by atoms with Crippen molar-refractivity contribution < 1.29 is 17.9 Å². The number of H-pyrrole nitrogens is 1. The number of hydrogen-bond donors (Lipinski definition) is 3. The average molecular weight is 519 g/mol. The molecule has 1 aromatic heterocycles. The van der Waals surface area contributed by atoms with E-state index in [1.54, 1.807) is 0 Å². The SMILES string of the molecule is I.NC(=NCc1ccc(OC(F)(F)F)cc1)NCCCc1nc2ccccc2[nH]1. The summed E-state index contributed by atoms with van der Waals surface area (Å²) in [4.78, 5) is 12.0. The number of para-hydroxylation sites is 2. The predicted octanol–water partition coefficient (Wildman–Crippen LogP) is 4.12. The number of nitrogens with zero attached hydrogens (tertiary/aromatic N) is 2. The predicted molar refractivity (Wildman–Crippen MR) is 116 cm³/mol. The van der Waals surface area contributed by atoms with E-state index in [-0.39, 0.29) is 42.2 Å². The molecule has 0 bridgehead atoms. The van der Waals surface area contributed by atoms with Gasteiger partial charge < -0.3 is 20.8 Å². The van der Waals surface area contributed by atoms with Gasteiger partial charge in [-0.25, -0.2) is 9.98 Å². The van der Waals surface area contributed by atoms with Gasteiger partial charge in [-0.3, -0.25) is 0 Å². The molecule has 3 rings (SSSR count). The Morgan fingerprint density at radius 2 is 1.86 bits per heavy atom. The largest absolute Gasteiger partial charge is 0.573 e. The second-order valence-corrected chi connectivity index (χ2v) is 6.12. The molecular weight excluding hydrogens is 498 g/mol. The van der Waals surface area contributed by atoms with E-state index >= 15 is 0 Å². The first-order valence-corrected chi connectivity index (χ1v) is 8.71.